The van der Waals surface area contributed by atoms with E-state index in [4.69, 9.17) is 16.3 Å². The molecule has 100 valence electrons. The van der Waals surface area contributed by atoms with Gasteiger partial charge in [-0.05, 0) is 56.2 Å². The smallest absolute Gasteiger partial charge is 0.138 e. The third kappa shape index (κ3) is 3.39. The predicted octanol–water partition coefficient (Wildman–Crippen LogP) is 4.35. The minimum absolute atomic E-state index is 0.288. The molecule has 18 heavy (non-hydrogen) atoms. The zero-order valence-electron chi connectivity index (χ0n) is 11.0. The molecule has 1 aliphatic carbocycles. The van der Waals surface area contributed by atoms with Crippen molar-refractivity contribution in [1.82, 2.24) is 0 Å². The van der Waals surface area contributed by atoms with E-state index in [1.165, 1.54) is 12.8 Å². The Hall–Kier alpha value is -0.730. The van der Waals surface area contributed by atoms with E-state index in [2.05, 4.69) is 6.92 Å². The van der Waals surface area contributed by atoms with Gasteiger partial charge in [-0.25, -0.2) is 0 Å². The molecule has 0 amide bonds. The Morgan fingerprint density at radius 1 is 1.28 bits per heavy atom. The van der Waals surface area contributed by atoms with Crippen molar-refractivity contribution in [3.05, 3.63) is 28.8 Å². The first-order chi connectivity index (χ1) is 8.56. The second-order valence-electron chi connectivity index (χ2n) is 5.37. The van der Waals surface area contributed by atoms with Crippen LogP contribution in [-0.2, 0) is 0 Å². The van der Waals surface area contributed by atoms with Crippen LogP contribution >= 0.6 is 11.6 Å². The van der Waals surface area contributed by atoms with Crippen molar-refractivity contribution in [3.8, 4) is 5.75 Å². The fourth-order valence-electron chi connectivity index (χ4n) is 2.40. The van der Waals surface area contributed by atoms with Crippen molar-refractivity contribution >= 4 is 11.6 Å². The van der Waals surface area contributed by atoms with Gasteiger partial charge in [0, 0.05) is 0 Å². The second-order valence-corrected chi connectivity index (χ2v) is 5.77. The van der Waals surface area contributed by atoms with E-state index < -0.39 is 6.10 Å². The van der Waals surface area contributed by atoms with Crippen LogP contribution in [0.15, 0.2) is 18.2 Å². The van der Waals surface area contributed by atoms with Gasteiger partial charge in [0.1, 0.15) is 5.75 Å². The van der Waals surface area contributed by atoms with Crippen LogP contribution in [0.2, 0.25) is 5.02 Å². The van der Waals surface area contributed by atoms with Crippen molar-refractivity contribution in [2.75, 3.05) is 0 Å². The minimum Gasteiger partial charge on any atom is -0.489 e. The van der Waals surface area contributed by atoms with E-state index in [1.54, 1.807) is 13.0 Å². The molecule has 1 unspecified atom stereocenters. The molecule has 2 rings (SSSR count). The van der Waals surface area contributed by atoms with Crippen LogP contribution in [-0.4, -0.2) is 11.2 Å². The normalized spacial score (nSPS) is 25.8. The molecule has 1 saturated carbocycles. The molecular formula is C15H21ClO2. The third-order valence-electron chi connectivity index (χ3n) is 3.69. The van der Waals surface area contributed by atoms with Crippen molar-refractivity contribution < 1.29 is 9.84 Å². The molecule has 1 atom stereocenters. The Morgan fingerprint density at radius 3 is 2.50 bits per heavy atom. The summed E-state index contributed by atoms with van der Waals surface area (Å²) >= 11 is 6.19. The van der Waals surface area contributed by atoms with Gasteiger partial charge in [-0.15, -0.1) is 0 Å². The van der Waals surface area contributed by atoms with Gasteiger partial charge in [-0.2, -0.15) is 0 Å². The maximum atomic E-state index is 9.49. The molecule has 0 aromatic heterocycles. The number of aliphatic hydroxyl groups is 1. The Kier molecular flexibility index (Phi) is 4.52. The first-order valence-electron chi connectivity index (χ1n) is 6.70. The van der Waals surface area contributed by atoms with Gasteiger partial charge in [-0.1, -0.05) is 24.6 Å². The van der Waals surface area contributed by atoms with Gasteiger partial charge in [0.05, 0.1) is 17.2 Å². The molecule has 1 aliphatic rings. The lowest BCUT2D eigenvalue weighted by Crippen LogP contribution is -2.23. The monoisotopic (exact) mass is 268 g/mol. The zero-order chi connectivity index (χ0) is 13.1. The van der Waals surface area contributed by atoms with Gasteiger partial charge < -0.3 is 9.84 Å². The van der Waals surface area contributed by atoms with Gasteiger partial charge >= 0.3 is 0 Å². The number of aliphatic hydroxyl groups excluding tert-OH is 1. The molecule has 0 radical (unpaired) electrons. The minimum atomic E-state index is -0.493. The van der Waals surface area contributed by atoms with Gasteiger partial charge in [0.15, 0.2) is 0 Å². The van der Waals surface area contributed by atoms with E-state index >= 15 is 0 Å². The molecular weight excluding hydrogens is 248 g/mol. The van der Waals surface area contributed by atoms with Crippen molar-refractivity contribution in [2.45, 2.75) is 51.7 Å². The molecule has 1 fully saturated rings. The highest BCUT2D eigenvalue weighted by molar-refractivity contribution is 6.32. The summed E-state index contributed by atoms with van der Waals surface area (Å²) in [6.45, 7) is 4.02. The van der Waals surface area contributed by atoms with E-state index in [9.17, 15) is 5.11 Å². The van der Waals surface area contributed by atoms with Crippen LogP contribution < -0.4 is 4.74 Å². The summed E-state index contributed by atoms with van der Waals surface area (Å²) in [5.41, 5.74) is 0.824. The number of hydrogen-bond donors (Lipinski definition) is 1. The number of benzene rings is 1. The van der Waals surface area contributed by atoms with Crippen molar-refractivity contribution in [3.63, 3.8) is 0 Å². The lowest BCUT2D eigenvalue weighted by Gasteiger charge is -2.27. The summed E-state index contributed by atoms with van der Waals surface area (Å²) in [7, 11) is 0. The summed E-state index contributed by atoms with van der Waals surface area (Å²) in [5.74, 6) is 1.55. The van der Waals surface area contributed by atoms with Crippen LogP contribution in [0.3, 0.4) is 0 Å². The second kappa shape index (κ2) is 5.94. The molecule has 1 N–H and O–H groups in total. The maximum Gasteiger partial charge on any atom is 0.138 e. The first-order valence-corrected chi connectivity index (χ1v) is 7.08. The molecule has 1 aromatic carbocycles. The summed E-state index contributed by atoms with van der Waals surface area (Å²) in [6.07, 6.45) is 4.47. The first kappa shape index (κ1) is 13.7. The summed E-state index contributed by atoms with van der Waals surface area (Å²) in [5, 5.41) is 10.1. The fourth-order valence-corrected chi connectivity index (χ4v) is 2.63. The van der Waals surface area contributed by atoms with Crippen LogP contribution in [0.5, 0.6) is 5.75 Å². The third-order valence-corrected chi connectivity index (χ3v) is 3.99. The quantitative estimate of drug-likeness (QED) is 0.883. The Morgan fingerprint density at radius 2 is 1.94 bits per heavy atom. The lowest BCUT2D eigenvalue weighted by molar-refractivity contribution is 0.135. The molecule has 0 saturated heterocycles. The topological polar surface area (TPSA) is 29.5 Å². The highest BCUT2D eigenvalue weighted by Crippen LogP contribution is 2.32. The highest BCUT2D eigenvalue weighted by Gasteiger charge is 2.20. The highest BCUT2D eigenvalue weighted by atomic mass is 35.5. The van der Waals surface area contributed by atoms with Crippen molar-refractivity contribution in [2.24, 2.45) is 5.92 Å². The Balaban J connectivity index is 2.01. The molecule has 2 nitrogen and oxygen atoms in total. The van der Waals surface area contributed by atoms with E-state index in [0.717, 1.165) is 30.1 Å². The number of hydrogen-bond acceptors (Lipinski definition) is 2. The average molecular weight is 269 g/mol. The van der Waals surface area contributed by atoms with E-state index in [0.29, 0.717) is 5.02 Å². The van der Waals surface area contributed by atoms with Gasteiger partial charge in [0.2, 0.25) is 0 Å². The van der Waals surface area contributed by atoms with Gasteiger partial charge in [-0.3, -0.25) is 0 Å². The van der Waals surface area contributed by atoms with Crippen LogP contribution in [0.1, 0.15) is 51.2 Å². The number of rotatable bonds is 3. The molecule has 3 heteroatoms. The molecule has 0 bridgehead atoms. The summed E-state index contributed by atoms with van der Waals surface area (Å²) in [6, 6.07) is 5.52. The molecule has 1 aromatic rings. The van der Waals surface area contributed by atoms with Crippen LogP contribution in [0.4, 0.5) is 0 Å². The van der Waals surface area contributed by atoms with E-state index in [1.807, 2.05) is 12.1 Å². The largest absolute Gasteiger partial charge is 0.489 e. The maximum absolute atomic E-state index is 9.49. The lowest BCUT2D eigenvalue weighted by atomic mass is 9.89. The molecule has 0 aliphatic heterocycles. The Bertz CT molecular complexity index is 395. The van der Waals surface area contributed by atoms with Crippen molar-refractivity contribution in [1.29, 1.82) is 0 Å². The van der Waals surface area contributed by atoms with Gasteiger partial charge in [0.25, 0.3) is 0 Å². The Labute approximate surface area is 114 Å². The summed E-state index contributed by atoms with van der Waals surface area (Å²) < 4.78 is 5.96. The predicted molar refractivity (Wildman–Crippen MR) is 74.1 cm³/mol. The summed E-state index contributed by atoms with van der Waals surface area (Å²) in [4.78, 5) is 0. The number of halogens is 1. The molecule has 0 spiro atoms. The average Bonchev–Trinajstić information content (AvgIpc) is 2.34. The number of ether oxygens (including phenoxy) is 1. The standard InChI is InChI=1S/C15H21ClO2/c1-10-3-6-13(7-4-10)18-15-8-5-12(11(2)17)9-14(15)16/h5,8-11,13,17H,3-4,6-7H2,1-2H3. The van der Waals surface area contributed by atoms with Crippen LogP contribution in [0, 0.1) is 5.92 Å². The molecule has 0 heterocycles. The van der Waals surface area contributed by atoms with E-state index in [-0.39, 0.29) is 6.10 Å². The zero-order valence-corrected chi connectivity index (χ0v) is 11.8. The fraction of sp³-hybridized carbons (Fsp3) is 0.600. The van der Waals surface area contributed by atoms with Crippen LogP contribution in [0.25, 0.3) is 0 Å². The SMILES string of the molecule is CC1CCC(Oc2ccc(C(C)O)cc2Cl)CC1.